The average Bonchev–Trinajstić information content (AvgIpc) is 2.75. The Morgan fingerprint density at radius 3 is 1.90 bits per heavy atom. The SMILES string of the molecule is CCCCCCCCCCCCCCC=CC(=O)N[C@@H](Cc1ccc(O)cc1)C(=O)O. The minimum atomic E-state index is -1.07. The van der Waals surface area contributed by atoms with Crippen molar-refractivity contribution in [2.45, 2.75) is 103 Å². The highest BCUT2D eigenvalue weighted by atomic mass is 16.4. The molecule has 0 bridgehead atoms. The van der Waals surface area contributed by atoms with E-state index in [1.165, 1.54) is 88.8 Å². The van der Waals surface area contributed by atoms with Crippen LogP contribution < -0.4 is 5.32 Å². The van der Waals surface area contributed by atoms with Gasteiger partial charge in [-0.05, 0) is 36.6 Å². The second-order valence-corrected chi connectivity index (χ2v) is 8.35. The molecule has 1 rings (SSSR count). The molecule has 0 spiro atoms. The highest BCUT2D eigenvalue weighted by Gasteiger charge is 2.19. The van der Waals surface area contributed by atoms with E-state index in [4.69, 9.17) is 0 Å². The molecule has 0 fully saturated rings. The van der Waals surface area contributed by atoms with E-state index in [-0.39, 0.29) is 18.1 Å². The molecular formula is C26H41NO4. The van der Waals surface area contributed by atoms with E-state index in [0.717, 1.165) is 18.4 Å². The van der Waals surface area contributed by atoms with E-state index in [0.29, 0.717) is 0 Å². The quantitative estimate of drug-likeness (QED) is 0.192. The first-order chi connectivity index (χ1) is 15.0. The third-order valence-corrected chi connectivity index (χ3v) is 5.48. The van der Waals surface area contributed by atoms with E-state index in [9.17, 15) is 19.8 Å². The summed E-state index contributed by atoms with van der Waals surface area (Å²) < 4.78 is 0. The van der Waals surface area contributed by atoms with Gasteiger partial charge in [-0.15, -0.1) is 0 Å². The summed E-state index contributed by atoms with van der Waals surface area (Å²) in [5.74, 6) is -1.33. The summed E-state index contributed by atoms with van der Waals surface area (Å²) in [6.07, 6.45) is 19.9. The summed E-state index contributed by atoms with van der Waals surface area (Å²) in [5, 5.41) is 21.2. The van der Waals surface area contributed by atoms with Crippen molar-refractivity contribution in [3.63, 3.8) is 0 Å². The second kappa shape index (κ2) is 17.4. The van der Waals surface area contributed by atoms with Crippen LogP contribution in [-0.2, 0) is 16.0 Å². The van der Waals surface area contributed by atoms with Gasteiger partial charge < -0.3 is 15.5 Å². The zero-order chi connectivity index (χ0) is 22.7. The number of carbonyl (C=O) groups is 2. The Kier molecular flexibility index (Phi) is 15.0. The van der Waals surface area contributed by atoms with Gasteiger partial charge in [0.05, 0.1) is 0 Å². The molecule has 31 heavy (non-hydrogen) atoms. The summed E-state index contributed by atoms with van der Waals surface area (Å²) in [6.45, 7) is 2.25. The number of unbranched alkanes of at least 4 members (excludes halogenated alkanes) is 12. The molecule has 1 aromatic carbocycles. The molecule has 0 unspecified atom stereocenters. The van der Waals surface area contributed by atoms with Crippen molar-refractivity contribution in [1.82, 2.24) is 5.32 Å². The maximum absolute atomic E-state index is 12.0. The van der Waals surface area contributed by atoms with Gasteiger partial charge in [-0.2, -0.15) is 0 Å². The van der Waals surface area contributed by atoms with Crippen molar-refractivity contribution in [2.24, 2.45) is 0 Å². The number of rotatable bonds is 18. The van der Waals surface area contributed by atoms with Crippen LogP contribution >= 0.6 is 0 Å². The molecule has 0 saturated heterocycles. The van der Waals surface area contributed by atoms with Crippen LogP contribution in [0.15, 0.2) is 36.4 Å². The molecule has 3 N–H and O–H groups in total. The Morgan fingerprint density at radius 2 is 1.39 bits per heavy atom. The van der Waals surface area contributed by atoms with Crippen LogP contribution in [0, 0.1) is 0 Å². The monoisotopic (exact) mass is 431 g/mol. The number of carbonyl (C=O) groups excluding carboxylic acids is 1. The number of phenolic OH excluding ortho intramolecular Hbond substituents is 1. The molecule has 0 aliphatic rings. The summed E-state index contributed by atoms with van der Waals surface area (Å²) in [4.78, 5) is 23.4. The maximum Gasteiger partial charge on any atom is 0.326 e. The Morgan fingerprint density at radius 1 is 0.871 bits per heavy atom. The molecule has 174 valence electrons. The third kappa shape index (κ3) is 14.4. The zero-order valence-electron chi connectivity index (χ0n) is 19.2. The van der Waals surface area contributed by atoms with Gasteiger partial charge in [-0.3, -0.25) is 4.79 Å². The first-order valence-corrected chi connectivity index (χ1v) is 12.0. The summed E-state index contributed by atoms with van der Waals surface area (Å²) in [6, 6.07) is 5.32. The average molecular weight is 432 g/mol. The topological polar surface area (TPSA) is 86.6 Å². The van der Waals surface area contributed by atoms with Gasteiger partial charge in [0.1, 0.15) is 11.8 Å². The van der Waals surface area contributed by atoms with Crippen LogP contribution in [0.4, 0.5) is 0 Å². The summed E-state index contributed by atoms with van der Waals surface area (Å²) >= 11 is 0. The van der Waals surface area contributed by atoms with Gasteiger partial charge in [0.15, 0.2) is 0 Å². The van der Waals surface area contributed by atoms with Gasteiger partial charge in [0.2, 0.25) is 5.91 Å². The number of amides is 1. The lowest BCUT2D eigenvalue weighted by Gasteiger charge is -2.13. The molecule has 1 atom stereocenters. The number of benzene rings is 1. The molecule has 5 heteroatoms. The third-order valence-electron chi connectivity index (χ3n) is 5.48. The van der Waals surface area contributed by atoms with Crippen LogP contribution in [0.3, 0.4) is 0 Å². The fraction of sp³-hybridized carbons (Fsp3) is 0.615. The number of phenols is 1. The number of carboxylic acids is 1. The lowest BCUT2D eigenvalue weighted by atomic mass is 10.0. The van der Waals surface area contributed by atoms with Crippen molar-refractivity contribution in [2.75, 3.05) is 0 Å². The highest BCUT2D eigenvalue weighted by molar-refractivity contribution is 5.91. The molecule has 5 nitrogen and oxygen atoms in total. The van der Waals surface area contributed by atoms with Crippen LogP contribution in [-0.4, -0.2) is 28.1 Å². The van der Waals surface area contributed by atoms with Crippen LogP contribution in [0.5, 0.6) is 5.75 Å². The fourth-order valence-corrected chi connectivity index (χ4v) is 3.58. The van der Waals surface area contributed by atoms with E-state index in [2.05, 4.69) is 12.2 Å². The van der Waals surface area contributed by atoms with Gasteiger partial charge in [-0.1, -0.05) is 95.8 Å². The van der Waals surface area contributed by atoms with E-state index in [1.54, 1.807) is 12.1 Å². The first-order valence-electron chi connectivity index (χ1n) is 12.0. The van der Waals surface area contributed by atoms with Crippen LogP contribution in [0.1, 0.15) is 96.0 Å². The Bertz CT molecular complexity index is 639. The van der Waals surface area contributed by atoms with E-state index < -0.39 is 12.0 Å². The Labute approximate surface area is 188 Å². The normalized spacial score (nSPS) is 12.2. The molecule has 0 aliphatic carbocycles. The summed E-state index contributed by atoms with van der Waals surface area (Å²) in [7, 11) is 0. The van der Waals surface area contributed by atoms with Crippen molar-refractivity contribution in [3.05, 3.63) is 42.0 Å². The molecule has 0 aliphatic heterocycles. The number of aromatic hydroxyl groups is 1. The molecule has 0 radical (unpaired) electrons. The molecule has 0 saturated carbocycles. The minimum Gasteiger partial charge on any atom is -0.508 e. The number of carboxylic acid groups (broad SMARTS) is 1. The van der Waals surface area contributed by atoms with E-state index in [1.807, 2.05) is 6.08 Å². The standard InChI is InChI=1S/C26H41NO4/c1-2-3-4-5-6-7-8-9-10-11-12-13-14-15-16-25(29)27-24(26(30)31)21-22-17-19-23(28)20-18-22/h15-20,24,28H,2-14,21H2,1H3,(H,27,29)(H,30,31)/t24-/m0/s1. The van der Waals surface area contributed by atoms with Crippen molar-refractivity contribution in [3.8, 4) is 5.75 Å². The predicted molar refractivity (Wildman–Crippen MR) is 126 cm³/mol. The summed E-state index contributed by atoms with van der Waals surface area (Å²) in [5.41, 5.74) is 0.742. The molecule has 1 aromatic rings. The fourth-order valence-electron chi connectivity index (χ4n) is 3.58. The van der Waals surface area contributed by atoms with Gasteiger partial charge in [0.25, 0.3) is 0 Å². The Hall–Kier alpha value is -2.30. The smallest absolute Gasteiger partial charge is 0.326 e. The lowest BCUT2D eigenvalue weighted by Crippen LogP contribution is -2.41. The van der Waals surface area contributed by atoms with Crippen molar-refractivity contribution in [1.29, 1.82) is 0 Å². The molecule has 0 aromatic heterocycles. The van der Waals surface area contributed by atoms with Crippen molar-refractivity contribution < 1.29 is 19.8 Å². The highest BCUT2D eigenvalue weighted by Crippen LogP contribution is 2.13. The molecular weight excluding hydrogens is 390 g/mol. The minimum absolute atomic E-state index is 0.125. The second-order valence-electron chi connectivity index (χ2n) is 8.35. The first kappa shape index (κ1) is 26.7. The lowest BCUT2D eigenvalue weighted by molar-refractivity contribution is -0.141. The largest absolute Gasteiger partial charge is 0.508 e. The van der Waals surface area contributed by atoms with Crippen LogP contribution in [0.25, 0.3) is 0 Å². The maximum atomic E-state index is 12.0. The molecule has 1 amide bonds. The molecule has 0 heterocycles. The van der Waals surface area contributed by atoms with Gasteiger partial charge in [0, 0.05) is 6.42 Å². The van der Waals surface area contributed by atoms with Crippen molar-refractivity contribution >= 4 is 11.9 Å². The zero-order valence-corrected chi connectivity index (χ0v) is 19.2. The van der Waals surface area contributed by atoms with Gasteiger partial charge in [-0.25, -0.2) is 4.79 Å². The Balaban J connectivity index is 2.08. The number of aliphatic carboxylic acids is 1. The number of allylic oxidation sites excluding steroid dienone is 1. The van der Waals surface area contributed by atoms with Gasteiger partial charge >= 0.3 is 5.97 Å². The number of hydrogen-bond acceptors (Lipinski definition) is 3. The van der Waals surface area contributed by atoms with E-state index >= 15 is 0 Å². The number of hydrogen-bond donors (Lipinski definition) is 3. The number of nitrogens with one attached hydrogen (secondary N) is 1. The van der Waals surface area contributed by atoms with Crippen LogP contribution in [0.2, 0.25) is 0 Å². The predicted octanol–water partition coefficient (Wildman–Crippen LogP) is 6.15.